The third-order valence-corrected chi connectivity index (χ3v) is 4.56. The molecule has 8 heteroatoms. The van der Waals surface area contributed by atoms with Crippen LogP contribution < -0.4 is 9.62 Å². The molecule has 6 nitrogen and oxygen atoms in total. The lowest BCUT2D eigenvalue weighted by molar-refractivity contribution is -0.120. The summed E-state index contributed by atoms with van der Waals surface area (Å²) in [4.78, 5) is 12.0. The van der Waals surface area contributed by atoms with Gasteiger partial charge in [0.15, 0.2) is 0 Å². The summed E-state index contributed by atoms with van der Waals surface area (Å²) in [6.45, 7) is 3.52. The zero-order valence-corrected chi connectivity index (χ0v) is 14.7. The molecule has 1 aromatic rings. The quantitative estimate of drug-likeness (QED) is 0.811. The van der Waals surface area contributed by atoms with Crippen molar-refractivity contribution >= 4 is 33.2 Å². The Kier molecular flexibility index (Phi) is 6.65. The van der Waals surface area contributed by atoms with Crippen molar-refractivity contribution in [2.75, 3.05) is 30.8 Å². The van der Waals surface area contributed by atoms with Crippen molar-refractivity contribution in [1.82, 2.24) is 5.32 Å². The molecule has 1 N–H and O–H groups in total. The first-order valence-electron chi connectivity index (χ1n) is 6.68. The van der Waals surface area contributed by atoms with Gasteiger partial charge in [-0.3, -0.25) is 9.10 Å². The molecule has 1 amide bonds. The van der Waals surface area contributed by atoms with E-state index in [2.05, 4.69) is 5.32 Å². The molecule has 0 aromatic heterocycles. The molecule has 1 rings (SSSR count). The van der Waals surface area contributed by atoms with E-state index >= 15 is 0 Å². The first-order valence-corrected chi connectivity index (χ1v) is 8.90. The van der Waals surface area contributed by atoms with Crippen molar-refractivity contribution in [3.63, 3.8) is 0 Å². The number of nitrogens with zero attached hydrogens (tertiary/aromatic N) is 1. The van der Waals surface area contributed by atoms with Gasteiger partial charge in [0.25, 0.3) is 0 Å². The van der Waals surface area contributed by atoms with Gasteiger partial charge in [0.05, 0.1) is 18.6 Å². The first kappa shape index (κ1) is 18.7. The van der Waals surface area contributed by atoms with E-state index in [0.717, 1.165) is 10.6 Å². The summed E-state index contributed by atoms with van der Waals surface area (Å²) >= 11 is 6.03. The van der Waals surface area contributed by atoms with Crippen LogP contribution in [0.25, 0.3) is 0 Å². The summed E-state index contributed by atoms with van der Waals surface area (Å²) in [5, 5.41) is 3.13. The maximum atomic E-state index is 12.0. The molecule has 0 radical (unpaired) electrons. The summed E-state index contributed by atoms with van der Waals surface area (Å²) in [7, 11) is -2.09. The highest BCUT2D eigenvalue weighted by atomic mass is 35.5. The summed E-state index contributed by atoms with van der Waals surface area (Å²) in [6, 6.07) is 4.73. The normalized spacial score (nSPS) is 12.8. The maximum absolute atomic E-state index is 12.0. The van der Waals surface area contributed by atoms with E-state index < -0.39 is 15.9 Å². The number of benzene rings is 1. The molecular weight excluding hydrogens is 328 g/mol. The molecular formula is C14H21ClN2O4S. The zero-order chi connectivity index (χ0) is 16.9. The van der Waals surface area contributed by atoms with Crippen LogP contribution in [0.3, 0.4) is 0 Å². The second-order valence-electron chi connectivity index (χ2n) is 5.08. The molecule has 0 aliphatic heterocycles. The molecule has 0 aliphatic rings. The van der Waals surface area contributed by atoms with E-state index in [1.54, 1.807) is 32.0 Å². The van der Waals surface area contributed by atoms with Crippen LogP contribution in [0, 0.1) is 6.92 Å². The molecule has 1 atom stereocenters. The van der Waals surface area contributed by atoms with Gasteiger partial charge >= 0.3 is 0 Å². The van der Waals surface area contributed by atoms with Crippen LogP contribution in [0.1, 0.15) is 12.5 Å². The molecule has 124 valence electrons. The van der Waals surface area contributed by atoms with E-state index in [-0.39, 0.29) is 12.6 Å². The van der Waals surface area contributed by atoms with Crippen LogP contribution in [0.15, 0.2) is 18.2 Å². The van der Waals surface area contributed by atoms with Crippen LogP contribution >= 0.6 is 11.6 Å². The molecule has 0 heterocycles. The number of hydrogen-bond donors (Lipinski definition) is 1. The first-order chi connectivity index (χ1) is 10.2. The van der Waals surface area contributed by atoms with Crippen molar-refractivity contribution in [3.8, 4) is 0 Å². The van der Waals surface area contributed by atoms with E-state index in [0.29, 0.717) is 22.9 Å². The minimum absolute atomic E-state index is 0.209. The lowest BCUT2D eigenvalue weighted by Gasteiger charge is -2.24. The van der Waals surface area contributed by atoms with Crippen LogP contribution in [0.5, 0.6) is 0 Å². The highest BCUT2D eigenvalue weighted by Gasteiger charge is 2.23. The molecule has 0 bridgehead atoms. The number of hydrogen-bond acceptors (Lipinski definition) is 4. The fourth-order valence-electron chi connectivity index (χ4n) is 1.99. The Bertz CT molecular complexity index is 634. The van der Waals surface area contributed by atoms with Crippen LogP contribution in [0.4, 0.5) is 5.69 Å². The van der Waals surface area contributed by atoms with Gasteiger partial charge < -0.3 is 10.1 Å². The van der Waals surface area contributed by atoms with Crippen molar-refractivity contribution in [2.24, 2.45) is 0 Å². The van der Waals surface area contributed by atoms with Gasteiger partial charge in [-0.1, -0.05) is 17.7 Å². The van der Waals surface area contributed by atoms with E-state index in [1.165, 1.54) is 7.11 Å². The molecule has 22 heavy (non-hydrogen) atoms. The second kappa shape index (κ2) is 7.80. The van der Waals surface area contributed by atoms with Gasteiger partial charge in [0.2, 0.25) is 15.9 Å². The predicted molar refractivity (Wildman–Crippen MR) is 87.9 cm³/mol. The topological polar surface area (TPSA) is 75.7 Å². The zero-order valence-electron chi connectivity index (χ0n) is 13.1. The number of ether oxygens (including phenoxy) is 1. The summed E-state index contributed by atoms with van der Waals surface area (Å²) in [6.07, 6.45) is 1.05. The highest BCUT2D eigenvalue weighted by molar-refractivity contribution is 7.92. The number of carbonyl (C=O) groups is 1. The van der Waals surface area contributed by atoms with Crippen molar-refractivity contribution in [3.05, 3.63) is 28.8 Å². The van der Waals surface area contributed by atoms with Crippen LogP contribution in [0.2, 0.25) is 5.02 Å². The van der Waals surface area contributed by atoms with E-state index in [1.807, 2.05) is 0 Å². The number of nitrogens with one attached hydrogen (secondary N) is 1. The standard InChI is InChI=1S/C14H21ClN2O4S/c1-10(9-21-3)16-14(18)8-17(22(4,19)20)13-7-5-6-12(15)11(13)2/h5-7,10H,8-9H2,1-4H3,(H,16,18)/t10-/m0/s1. The smallest absolute Gasteiger partial charge is 0.241 e. The number of halogens is 1. The number of methoxy groups -OCH3 is 1. The fraction of sp³-hybridized carbons (Fsp3) is 0.500. The van der Waals surface area contributed by atoms with Gasteiger partial charge in [-0.15, -0.1) is 0 Å². The largest absolute Gasteiger partial charge is 0.383 e. The number of sulfonamides is 1. The van der Waals surface area contributed by atoms with Crippen molar-refractivity contribution < 1.29 is 17.9 Å². The molecule has 0 unspecified atom stereocenters. The van der Waals surface area contributed by atoms with Gasteiger partial charge in [0.1, 0.15) is 6.54 Å². The number of anilines is 1. The lowest BCUT2D eigenvalue weighted by Crippen LogP contribution is -2.44. The minimum atomic E-state index is -3.62. The van der Waals surface area contributed by atoms with Crippen molar-refractivity contribution in [1.29, 1.82) is 0 Å². The summed E-state index contributed by atoms with van der Waals surface area (Å²) in [5.74, 6) is -0.408. The SMILES string of the molecule is COC[C@H](C)NC(=O)CN(c1cccc(Cl)c1C)S(C)(=O)=O. The number of carbonyl (C=O) groups excluding carboxylic acids is 1. The Hall–Kier alpha value is -1.31. The highest BCUT2D eigenvalue weighted by Crippen LogP contribution is 2.27. The Morgan fingerprint density at radius 3 is 2.64 bits per heavy atom. The average Bonchev–Trinajstić information content (AvgIpc) is 2.38. The molecule has 0 fully saturated rings. The minimum Gasteiger partial charge on any atom is -0.383 e. The second-order valence-corrected chi connectivity index (χ2v) is 7.39. The van der Waals surface area contributed by atoms with Crippen LogP contribution in [-0.2, 0) is 19.6 Å². The fourth-order valence-corrected chi connectivity index (χ4v) is 3.07. The lowest BCUT2D eigenvalue weighted by atomic mass is 10.2. The Morgan fingerprint density at radius 1 is 1.45 bits per heavy atom. The van der Waals surface area contributed by atoms with Gasteiger partial charge in [0, 0.05) is 18.2 Å². The Labute approximate surface area is 136 Å². The summed E-state index contributed by atoms with van der Waals surface area (Å²) in [5.41, 5.74) is 0.997. The summed E-state index contributed by atoms with van der Waals surface area (Å²) < 4.78 is 30.0. The molecule has 0 saturated heterocycles. The van der Waals surface area contributed by atoms with Gasteiger partial charge in [-0.05, 0) is 31.5 Å². The van der Waals surface area contributed by atoms with E-state index in [9.17, 15) is 13.2 Å². The monoisotopic (exact) mass is 348 g/mol. The molecule has 1 aromatic carbocycles. The number of amides is 1. The van der Waals surface area contributed by atoms with Crippen molar-refractivity contribution in [2.45, 2.75) is 19.9 Å². The molecule has 0 aliphatic carbocycles. The predicted octanol–water partition coefficient (Wildman–Crippen LogP) is 1.57. The third-order valence-electron chi connectivity index (χ3n) is 3.02. The van der Waals surface area contributed by atoms with Gasteiger partial charge in [-0.2, -0.15) is 0 Å². The van der Waals surface area contributed by atoms with Gasteiger partial charge in [-0.25, -0.2) is 8.42 Å². The third kappa shape index (κ3) is 5.15. The Balaban J connectivity index is 3.01. The maximum Gasteiger partial charge on any atom is 0.241 e. The van der Waals surface area contributed by atoms with Crippen LogP contribution in [-0.4, -0.2) is 46.9 Å². The Morgan fingerprint density at radius 2 is 2.09 bits per heavy atom. The molecule has 0 saturated carbocycles. The average molecular weight is 349 g/mol. The molecule has 0 spiro atoms. The van der Waals surface area contributed by atoms with E-state index in [4.69, 9.17) is 16.3 Å². The number of rotatable bonds is 7.